The van der Waals surface area contributed by atoms with E-state index in [2.05, 4.69) is 24.0 Å². The van der Waals surface area contributed by atoms with Gasteiger partial charge in [-0.2, -0.15) is 0 Å². The van der Waals surface area contributed by atoms with E-state index in [0.29, 0.717) is 4.99 Å². The van der Waals surface area contributed by atoms with Crippen LogP contribution < -0.4 is 10.6 Å². The molecule has 0 aromatic heterocycles. The predicted octanol–water partition coefficient (Wildman–Crippen LogP) is 3.92. The minimum Gasteiger partial charge on any atom is -0.389 e. The van der Waals surface area contributed by atoms with Gasteiger partial charge in [0.2, 0.25) is 0 Å². The van der Waals surface area contributed by atoms with Gasteiger partial charge in [0.05, 0.1) is 0 Å². The zero-order chi connectivity index (χ0) is 14.7. The summed E-state index contributed by atoms with van der Waals surface area (Å²) in [6, 6.07) is 13.8. The Morgan fingerprint density at radius 2 is 1.95 bits per heavy atom. The van der Waals surface area contributed by atoms with E-state index in [4.69, 9.17) is 29.6 Å². The highest BCUT2D eigenvalue weighted by Gasteiger charge is 2.12. The van der Waals surface area contributed by atoms with Gasteiger partial charge in [-0.3, -0.25) is 0 Å². The lowest BCUT2D eigenvalue weighted by Crippen LogP contribution is -2.22. The van der Waals surface area contributed by atoms with Crippen molar-refractivity contribution in [3.8, 4) is 0 Å². The molecular weight excluding hydrogens is 288 g/mol. The summed E-state index contributed by atoms with van der Waals surface area (Å²) in [4.78, 5) is 2.57. The molecule has 0 saturated carbocycles. The van der Waals surface area contributed by atoms with Crippen LogP contribution in [0.5, 0.6) is 0 Å². The fourth-order valence-electron chi connectivity index (χ4n) is 2.35. The van der Waals surface area contributed by atoms with Crippen LogP contribution in [0.25, 0.3) is 0 Å². The van der Waals surface area contributed by atoms with Gasteiger partial charge in [0.25, 0.3) is 0 Å². The average molecular weight is 305 g/mol. The van der Waals surface area contributed by atoms with Gasteiger partial charge >= 0.3 is 0 Å². The van der Waals surface area contributed by atoms with Crippen molar-refractivity contribution in [3.05, 3.63) is 64.2 Å². The lowest BCUT2D eigenvalue weighted by molar-refractivity contribution is 0.916. The number of nitrogens with two attached hydrogens (primary N) is 1. The van der Waals surface area contributed by atoms with Gasteiger partial charge < -0.3 is 10.6 Å². The molecular formula is C16H17ClN2S. The average Bonchev–Trinajstić information content (AvgIpc) is 2.38. The van der Waals surface area contributed by atoms with Gasteiger partial charge in [-0.25, -0.2) is 0 Å². The lowest BCUT2D eigenvalue weighted by atomic mass is 10.1. The lowest BCUT2D eigenvalue weighted by Gasteiger charge is -2.24. The van der Waals surface area contributed by atoms with Gasteiger partial charge in [-0.1, -0.05) is 48.1 Å². The SMILES string of the molecule is Cc1cccc(C(N)=S)c1N(C)Cc1cccc(Cl)c1. The van der Waals surface area contributed by atoms with Crippen molar-refractivity contribution >= 4 is 34.5 Å². The topological polar surface area (TPSA) is 29.3 Å². The number of anilines is 1. The van der Waals surface area contributed by atoms with Crippen LogP contribution in [0.15, 0.2) is 42.5 Å². The van der Waals surface area contributed by atoms with Crippen molar-refractivity contribution in [2.24, 2.45) is 5.73 Å². The zero-order valence-electron chi connectivity index (χ0n) is 11.6. The van der Waals surface area contributed by atoms with Gasteiger partial charge in [-0.15, -0.1) is 0 Å². The smallest absolute Gasteiger partial charge is 0.106 e. The van der Waals surface area contributed by atoms with Gasteiger partial charge in [0, 0.05) is 29.9 Å². The summed E-state index contributed by atoms with van der Waals surface area (Å²) < 4.78 is 0. The molecule has 20 heavy (non-hydrogen) atoms. The number of halogens is 1. The number of thiocarbonyl (C=S) groups is 1. The highest BCUT2D eigenvalue weighted by Crippen LogP contribution is 2.26. The van der Waals surface area contributed by atoms with E-state index in [0.717, 1.165) is 33.9 Å². The fraction of sp³-hybridized carbons (Fsp3) is 0.188. The van der Waals surface area contributed by atoms with Crippen LogP contribution in [0.2, 0.25) is 5.02 Å². The van der Waals surface area contributed by atoms with Gasteiger partial charge in [0.1, 0.15) is 4.99 Å². The van der Waals surface area contributed by atoms with E-state index >= 15 is 0 Å². The first-order chi connectivity index (χ1) is 9.49. The number of hydrogen-bond acceptors (Lipinski definition) is 2. The molecule has 0 aliphatic heterocycles. The van der Waals surface area contributed by atoms with Crippen LogP contribution in [0.4, 0.5) is 5.69 Å². The van der Waals surface area contributed by atoms with Crippen molar-refractivity contribution < 1.29 is 0 Å². The quantitative estimate of drug-likeness (QED) is 0.868. The summed E-state index contributed by atoms with van der Waals surface area (Å²) in [6.07, 6.45) is 0. The normalized spacial score (nSPS) is 10.3. The van der Waals surface area contributed by atoms with Crippen molar-refractivity contribution in [1.82, 2.24) is 0 Å². The number of para-hydroxylation sites is 1. The molecule has 104 valence electrons. The summed E-state index contributed by atoms with van der Waals surface area (Å²) in [5.74, 6) is 0. The molecule has 0 spiro atoms. The number of nitrogens with zero attached hydrogens (tertiary/aromatic N) is 1. The fourth-order valence-corrected chi connectivity index (χ4v) is 2.73. The van der Waals surface area contributed by atoms with Crippen LogP contribution in [-0.2, 0) is 6.54 Å². The van der Waals surface area contributed by atoms with Gasteiger partial charge in [0.15, 0.2) is 0 Å². The maximum atomic E-state index is 6.03. The molecule has 2 rings (SSSR count). The number of rotatable bonds is 4. The minimum absolute atomic E-state index is 0.418. The Labute approximate surface area is 130 Å². The first-order valence-corrected chi connectivity index (χ1v) is 7.12. The third-order valence-corrected chi connectivity index (χ3v) is 3.65. The summed E-state index contributed by atoms with van der Waals surface area (Å²) in [7, 11) is 2.03. The molecule has 0 aliphatic rings. The van der Waals surface area contributed by atoms with Crippen molar-refractivity contribution in [2.75, 3.05) is 11.9 Å². The third kappa shape index (κ3) is 3.30. The summed E-state index contributed by atoms with van der Waals surface area (Å²) >= 11 is 11.2. The van der Waals surface area contributed by atoms with Crippen LogP contribution in [-0.4, -0.2) is 12.0 Å². The van der Waals surface area contributed by atoms with Gasteiger partial charge in [-0.05, 0) is 36.2 Å². The largest absolute Gasteiger partial charge is 0.389 e. The third-order valence-electron chi connectivity index (χ3n) is 3.19. The van der Waals surface area contributed by atoms with Crippen molar-refractivity contribution in [3.63, 3.8) is 0 Å². The Bertz CT molecular complexity index is 640. The molecule has 0 fully saturated rings. The Balaban J connectivity index is 2.34. The minimum atomic E-state index is 0.418. The molecule has 4 heteroatoms. The Kier molecular flexibility index (Phi) is 4.63. The molecule has 2 aromatic rings. The maximum absolute atomic E-state index is 6.03. The van der Waals surface area contributed by atoms with E-state index in [9.17, 15) is 0 Å². The molecule has 0 heterocycles. The first kappa shape index (κ1) is 14.8. The molecule has 0 radical (unpaired) electrons. The monoisotopic (exact) mass is 304 g/mol. The number of aryl methyl sites for hydroxylation is 1. The molecule has 2 nitrogen and oxygen atoms in total. The predicted molar refractivity (Wildman–Crippen MR) is 90.6 cm³/mol. The molecule has 0 saturated heterocycles. The first-order valence-electron chi connectivity index (χ1n) is 6.34. The molecule has 0 aliphatic carbocycles. The highest BCUT2D eigenvalue weighted by atomic mass is 35.5. The second-order valence-corrected chi connectivity index (χ2v) is 5.70. The van der Waals surface area contributed by atoms with E-state index in [1.165, 1.54) is 0 Å². The second kappa shape index (κ2) is 6.25. The number of hydrogen-bond donors (Lipinski definition) is 1. The van der Waals surface area contributed by atoms with E-state index in [1.54, 1.807) is 0 Å². The Hall–Kier alpha value is -1.58. The summed E-state index contributed by atoms with van der Waals surface area (Å²) in [5.41, 5.74) is 10.1. The molecule has 0 unspecified atom stereocenters. The van der Waals surface area contributed by atoms with E-state index < -0.39 is 0 Å². The van der Waals surface area contributed by atoms with Crippen LogP contribution in [0.3, 0.4) is 0 Å². The Morgan fingerprint density at radius 1 is 1.25 bits per heavy atom. The maximum Gasteiger partial charge on any atom is 0.106 e. The summed E-state index contributed by atoms with van der Waals surface area (Å²) in [5, 5.41) is 0.746. The molecule has 0 bridgehead atoms. The highest BCUT2D eigenvalue weighted by molar-refractivity contribution is 7.80. The Morgan fingerprint density at radius 3 is 2.60 bits per heavy atom. The molecule has 0 amide bonds. The molecule has 2 N–H and O–H groups in total. The molecule has 0 atom stereocenters. The van der Waals surface area contributed by atoms with E-state index in [-0.39, 0.29) is 0 Å². The van der Waals surface area contributed by atoms with E-state index in [1.807, 2.05) is 37.4 Å². The number of benzene rings is 2. The van der Waals surface area contributed by atoms with Crippen molar-refractivity contribution in [2.45, 2.75) is 13.5 Å². The van der Waals surface area contributed by atoms with Crippen LogP contribution >= 0.6 is 23.8 Å². The van der Waals surface area contributed by atoms with Crippen LogP contribution in [0.1, 0.15) is 16.7 Å². The van der Waals surface area contributed by atoms with Crippen LogP contribution in [0, 0.1) is 6.92 Å². The summed E-state index contributed by atoms with van der Waals surface area (Å²) in [6.45, 7) is 2.81. The zero-order valence-corrected chi connectivity index (χ0v) is 13.1. The molecule has 2 aromatic carbocycles. The second-order valence-electron chi connectivity index (χ2n) is 4.82. The van der Waals surface area contributed by atoms with Crippen molar-refractivity contribution in [1.29, 1.82) is 0 Å². The standard InChI is InChI=1S/C16H17ClN2S/c1-11-5-3-8-14(16(18)20)15(11)19(2)10-12-6-4-7-13(17)9-12/h3-9H,10H2,1-2H3,(H2,18,20).